The fraction of sp³-hybridized carbons (Fsp3) is 0.267. The van der Waals surface area contributed by atoms with E-state index in [4.69, 9.17) is 4.74 Å². The monoisotopic (exact) mass is 318 g/mol. The average molecular weight is 318 g/mol. The van der Waals surface area contributed by atoms with Crippen LogP contribution in [0.15, 0.2) is 42.1 Å². The van der Waals surface area contributed by atoms with Crippen molar-refractivity contribution >= 4 is 17.7 Å². The smallest absolute Gasteiger partial charge is 0.233 e. The molecule has 0 spiro atoms. The summed E-state index contributed by atoms with van der Waals surface area (Å²) in [4.78, 5) is 16.2. The van der Waals surface area contributed by atoms with Gasteiger partial charge in [0.15, 0.2) is 5.82 Å². The predicted molar refractivity (Wildman–Crippen MR) is 86.9 cm³/mol. The number of aromatic nitrogens is 3. The van der Waals surface area contributed by atoms with Crippen molar-refractivity contribution in [1.29, 1.82) is 0 Å². The summed E-state index contributed by atoms with van der Waals surface area (Å²) in [5, 5.41) is 10.0. The molecular weight excluding hydrogens is 300 g/mol. The first-order valence-corrected chi connectivity index (χ1v) is 7.64. The molecule has 1 unspecified atom stereocenters. The van der Waals surface area contributed by atoms with Gasteiger partial charge in [0.1, 0.15) is 5.75 Å². The minimum absolute atomic E-state index is 0.0688. The Morgan fingerprint density at radius 3 is 2.86 bits per heavy atom. The third-order valence-corrected chi connectivity index (χ3v) is 3.86. The quantitative estimate of drug-likeness (QED) is 0.605. The fourth-order valence-electron chi connectivity index (χ4n) is 1.71. The molecule has 1 amide bonds. The summed E-state index contributed by atoms with van der Waals surface area (Å²) in [7, 11) is 1.62. The van der Waals surface area contributed by atoms with Crippen molar-refractivity contribution < 1.29 is 9.53 Å². The number of thioether (sulfide) groups is 1. The second-order valence-electron chi connectivity index (χ2n) is 4.49. The number of ether oxygens (including phenoxy) is 1. The molecule has 0 fully saturated rings. The fourth-order valence-corrected chi connectivity index (χ4v) is 2.45. The molecule has 7 heteroatoms. The Morgan fingerprint density at radius 2 is 2.23 bits per heavy atom. The van der Waals surface area contributed by atoms with Gasteiger partial charge in [-0.3, -0.25) is 9.89 Å². The highest BCUT2D eigenvalue weighted by Crippen LogP contribution is 2.24. The minimum atomic E-state index is -0.278. The number of methoxy groups -OCH3 is 1. The normalized spacial score (nSPS) is 11.7. The molecule has 2 N–H and O–H groups in total. The van der Waals surface area contributed by atoms with Crippen LogP contribution in [0.25, 0.3) is 11.4 Å². The van der Waals surface area contributed by atoms with Gasteiger partial charge in [-0.15, -0.1) is 11.7 Å². The van der Waals surface area contributed by atoms with E-state index in [-0.39, 0.29) is 11.2 Å². The second-order valence-corrected chi connectivity index (χ2v) is 5.80. The molecule has 1 heterocycles. The van der Waals surface area contributed by atoms with Crippen molar-refractivity contribution in [3.63, 3.8) is 0 Å². The van der Waals surface area contributed by atoms with Gasteiger partial charge in [0.25, 0.3) is 0 Å². The molecule has 2 aromatic rings. The van der Waals surface area contributed by atoms with Crippen LogP contribution in [0.3, 0.4) is 0 Å². The van der Waals surface area contributed by atoms with Crippen LogP contribution in [0.1, 0.15) is 6.92 Å². The van der Waals surface area contributed by atoms with E-state index < -0.39 is 0 Å². The van der Waals surface area contributed by atoms with Gasteiger partial charge in [0.2, 0.25) is 11.1 Å². The number of nitrogens with zero attached hydrogens (tertiary/aromatic N) is 2. The number of rotatable bonds is 7. The zero-order valence-electron chi connectivity index (χ0n) is 12.5. The molecule has 0 bridgehead atoms. The van der Waals surface area contributed by atoms with Gasteiger partial charge in [-0.2, -0.15) is 0 Å². The van der Waals surface area contributed by atoms with Crippen molar-refractivity contribution in [3.05, 3.63) is 36.9 Å². The Labute approximate surface area is 133 Å². The number of amides is 1. The lowest BCUT2D eigenvalue weighted by molar-refractivity contribution is -0.120. The number of hydrogen-bond donors (Lipinski definition) is 2. The van der Waals surface area contributed by atoms with E-state index in [9.17, 15) is 4.79 Å². The molecule has 22 heavy (non-hydrogen) atoms. The summed E-state index contributed by atoms with van der Waals surface area (Å²) in [5.41, 5.74) is 0.906. The molecular formula is C15H18N4O2S. The van der Waals surface area contributed by atoms with Crippen LogP contribution in [0.2, 0.25) is 0 Å². The molecule has 1 atom stereocenters. The Kier molecular flexibility index (Phi) is 5.60. The third kappa shape index (κ3) is 4.11. The zero-order valence-corrected chi connectivity index (χ0v) is 13.3. The first kappa shape index (κ1) is 16.1. The van der Waals surface area contributed by atoms with Gasteiger partial charge in [0, 0.05) is 12.1 Å². The Bertz CT molecular complexity index is 639. The predicted octanol–water partition coefficient (Wildman–Crippen LogP) is 2.26. The number of benzene rings is 1. The van der Waals surface area contributed by atoms with Crippen LogP contribution >= 0.6 is 11.8 Å². The van der Waals surface area contributed by atoms with Crippen molar-refractivity contribution in [2.45, 2.75) is 17.3 Å². The maximum Gasteiger partial charge on any atom is 0.233 e. The van der Waals surface area contributed by atoms with E-state index in [1.165, 1.54) is 11.8 Å². The molecule has 1 aromatic heterocycles. The van der Waals surface area contributed by atoms with Gasteiger partial charge < -0.3 is 10.1 Å². The minimum Gasteiger partial charge on any atom is -0.497 e. The number of H-pyrrole nitrogens is 1. The van der Waals surface area contributed by atoms with E-state index in [1.807, 2.05) is 31.2 Å². The molecule has 0 aliphatic heterocycles. The average Bonchev–Trinajstić information content (AvgIpc) is 3.01. The molecule has 0 aliphatic carbocycles. The Morgan fingerprint density at radius 1 is 1.50 bits per heavy atom. The van der Waals surface area contributed by atoms with Crippen LogP contribution in [-0.2, 0) is 4.79 Å². The number of nitrogens with one attached hydrogen (secondary N) is 2. The molecule has 6 nitrogen and oxygen atoms in total. The van der Waals surface area contributed by atoms with E-state index in [2.05, 4.69) is 27.1 Å². The van der Waals surface area contributed by atoms with Crippen LogP contribution < -0.4 is 10.1 Å². The molecule has 0 saturated carbocycles. The molecule has 1 aromatic carbocycles. The SMILES string of the molecule is C=CCNC(=O)C(C)Sc1n[nH]c(-c2ccc(OC)cc2)n1. The zero-order chi connectivity index (χ0) is 15.9. The van der Waals surface area contributed by atoms with E-state index in [1.54, 1.807) is 13.2 Å². The molecule has 116 valence electrons. The van der Waals surface area contributed by atoms with Crippen molar-refractivity contribution in [3.8, 4) is 17.1 Å². The standard InChI is InChI=1S/C15H18N4O2S/c1-4-9-16-14(20)10(2)22-15-17-13(18-19-15)11-5-7-12(21-3)8-6-11/h4-8,10H,1,9H2,2-3H3,(H,16,20)(H,17,18,19). The lowest BCUT2D eigenvalue weighted by Gasteiger charge is -2.07. The lowest BCUT2D eigenvalue weighted by atomic mass is 10.2. The van der Waals surface area contributed by atoms with E-state index >= 15 is 0 Å². The number of carbonyl (C=O) groups excluding carboxylic acids is 1. The molecule has 0 saturated heterocycles. The van der Waals surface area contributed by atoms with Gasteiger partial charge in [-0.1, -0.05) is 17.8 Å². The van der Waals surface area contributed by atoms with E-state index in [0.717, 1.165) is 11.3 Å². The highest BCUT2D eigenvalue weighted by atomic mass is 32.2. The van der Waals surface area contributed by atoms with Gasteiger partial charge in [0.05, 0.1) is 12.4 Å². The summed E-state index contributed by atoms with van der Waals surface area (Å²) in [6, 6.07) is 7.51. The van der Waals surface area contributed by atoms with E-state index in [0.29, 0.717) is 17.5 Å². The summed E-state index contributed by atoms with van der Waals surface area (Å²) >= 11 is 1.30. The molecule has 2 rings (SSSR count). The third-order valence-electron chi connectivity index (χ3n) is 2.90. The van der Waals surface area contributed by atoms with Crippen LogP contribution in [0.5, 0.6) is 5.75 Å². The van der Waals surface area contributed by atoms with Crippen molar-refractivity contribution in [2.75, 3.05) is 13.7 Å². The van der Waals surface area contributed by atoms with Crippen molar-refractivity contribution in [2.24, 2.45) is 0 Å². The lowest BCUT2D eigenvalue weighted by Crippen LogP contribution is -2.30. The first-order chi connectivity index (χ1) is 10.6. The summed E-state index contributed by atoms with van der Waals surface area (Å²) in [5.74, 6) is 1.37. The Hall–Kier alpha value is -2.28. The van der Waals surface area contributed by atoms with Crippen LogP contribution in [0, 0.1) is 0 Å². The van der Waals surface area contributed by atoms with Gasteiger partial charge >= 0.3 is 0 Å². The molecule has 0 radical (unpaired) electrons. The summed E-state index contributed by atoms with van der Waals surface area (Å²) < 4.78 is 5.12. The first-order valence-electron chi connectivity index (χ1n) is 6.76. The summed E-state index contributed by atoms with van der Waals surface area (Å²) in [6.45, 7) is 5.83. The maximum absolute atomic E-state index is 11.8. The van der Waals surface area contributed by atoms with Crippen LogP contribution in [-0.4, -0.2) is 40.0 Å². The number of hydrogen-bond acceptors (Lipinski definition) is 5. The maximum atomic E-state index is 11.8. The largest absolute Gasteiger partial charge is 0.497 e. The van der Waals surface area contributed by atoms with Crippen molar-refractivity contribution in [1.82, 2.24) is 20.5 Å². The topological polar surface area (TPSA) is 79.9 Å². The Balaban J connectivity index is 2.01. The van der Waals surface area contributed by atoms with Gasteiger partial charge in [-0.05, 0) is 31.2 Å². The highest BCUT2D eigenvalue weighted by Gasteiger charge is 2.16. The van der Waals surface area contributed by atoms with Crippen LogP contribution in [0.4, 0.5) is 0 Å². The number of aromatic amines is 1. The van der Waals surface area contributed by atoms with Gasteiger partial charge in [-0.25, -0.2) is 4.98 Å². The molecule has 0 aliphatic rings. The summed E-state index contributed by atoms with van der Waals surface area (Å²) in [6.07, 6.45) is 1.64. The highest BCUT2D eigenvalue weighted by molar-refractivity contribution is 8.00. The second kappa shape index (κ2) is 7.65. The number of carbonyl (C=O) groups is 1.